The van der Waals surface area contributed by atoms with Crippen LogP contribution in [0.25, 0.3) is 10.9 Å². The molecule has 3 aliphatic rings. The third-order valence-electron chi connectivity index (χ3n) is 6.81. The molecule has 3 fully saturated rings. The Labute approximate surface area is 195 Å². The number of cyclic esters (lactones) is 1. The summed E-state index contributed by atoms with van der Waals surface area (Å²) in [5, 5.41) is 1.26. The molecule has 2 atom stereocenters. The van der Waals surface area contributed by atoms with Crippen molar-refractivity contribution in [2.45, 2.75) is 50.3 Å². The number of rotatable bonds is 5. The summed E-state index contributed by atoms with van der Waals surface area (Å²) in [4.78, 5) is 31.6. The Kier molecular flexibility index (Phi) is 5.02. The monoisotopic (exact) mass is 465 g/mol. The average molecular weight is 466 g/mol. The highest BCUT2D eigenvalue weighted by Gasteiger charge is 2.39. The van der Waals surface area contributed by atoms with Crippen molar-refractivity contribution in [3.05, 3.63) is 69.2 Å². The normalized spacial score (nSPS) is 22.3. The number of nitrogens with zero attached hydrogens (tertiary/aromatic N) is 3. The highest BCUT2D eigenvalue weighted by Crippen LogP contribution is 2.42. The lowest BCUT2D eigenvalue weighted by Gasteiger charge is -2.32. The van der Waals surface area contributed by atoms with E-state index in [4.69, 9.17) is 21.1 Å². The molecule has 2 aliphatic heterocycles. The van der Waals surface area contributed by atoms with Crippen LogP contribution in [0.5, 0.6) is 5.75 Å². The molecule has 3 aromatic rings. The van der Waals surface area contributed by atoms with Crippen molar-refractivity contribution in [3.8, 4) is 5.75 Å². The van der Waals surface area contributed by atoms with Crippen molar-refractivity contribution in [2.24, 2.45) is 0 Å². The standard InChI is InChI=1S/C25H24ClN3O4/c26-17-5-1-15(2-6-17)12-28-13-22(16-3-4-16)23-21(24(28)30)10-20(11-27-23)33-19-7-8-29-18(9-19)14-32-25(29)31/h1-2,5-6,10-11,13,16,18-19H,3-4,7-9,12,14H2/t18-,19-/m0/s1. The molecule has 0 N–H and O–H groups in total. The summed E-state index contributed by atoms with van der Waals surface area (Å²) in [5.74, 6) is 1.04. The number of hydrogen-bond acceptors (Lipinski definition) is 5. The van der Waals surface area contributed by atoms with Gasteiger partial charge in [-0.25, -0.2) is 4.79 Å². The Morgan fingerprint density at radius 1 is 1.15 bits per heavy atom. The van der Waals surface area contributed by atoms with Gasteiger partial charge >= 0.3 is 6.09 Å². The van der Waals surface area contributed by atoms with Crippen LogP contribution in [0, 0.1) is 0 Å². The van der Waals surface area contributed by atoms with Gasteiger partial charge in [0.2, 0.25) is 0 Å². The van der Waals surface area contributed by atoms with Gasteiger partial charge in [-0.05, 0) is 48.1 Å². The van der Waals surface area contributed by atoms with E-state index in [1.807, 2.05) is 36.5 Å². The molecule has 1 saturated carbocycles. The average Bonchev–Trinajstić information content (AvgIpc) is 3.60. The molecule has 0 unspecified atom stereocenters. The van der Waals surface area contributed by atoms with E-state index in [0.29, 0.717) is 48.2 Å². The topological polar surface area (TPSA) is 73.7 Å². The van der Waals surface area contributed by atoms with Crippen molar-refractivity contribution < 1.29 is 14.3 Å². The maximum atomic E-state index is 13.4. The second-order valence-corrected chi connectivity index (χ2v) is 9.61. The van der Waals surface area contributed by atoms with Gasteiger partial charge in [0, 0.05) is 30.6 Å². The summed E-state index contributed by atoms with van der Waals surface area (Å²) in [5.41, 5.74) is 2.84. The molecule has 2 saturated heterocycles. The van der Waals surface area contributed by atoms with Crippen LogP contribution in [0.15, 0.2) is 47.5 Å². The van der Waals surface area contributed by atoms with Gasteiger partial charge in [0.15, 0.2) is 0 Å². The van der Waals surface area contributed by atoms with E-state index in [9.17, 15) is 9.59 Å². The number of piperidine rings is 1. The number of fused-ring (bicyclic) bond motifs is 2. The van der Waals surface area contributed by atoms with Gasteiger partial charge < -0.3 is 18.9 Å². The summed E-state index contributed by atoms with van der Waals surface area (Å²) in [7, 11) is 0. The second kappa shape index (κ2) is 8.06. The van der Waals surface area contributed by atoms with Gasteiger partial charge in [-0.3, -0.25) is 9.78 Å². The van der Waals surface area contributed by atoms with Gasteiger partial charge in [0.25, 0.3) is 5.56 Å². The molecular formula is C25H24ClN3O4. The lowest BCUT2D eigenvalue weighted by Crippen LogP contribution is -2.44. The van der Waals surface area contributed by atoms with Crippen LogP contribution in [-0.2, 0) is 11.3 Å². The molecule has 1 amide bonds. The number of pyridine rings is 2. The maximum Gasteiger partial charge on any atom is 0.410 e. The first-order chi connectivity index (χ1) is 16.0. The molecule has 170 valence electrons. The van der Waals surface area contributed by atoms with Crippen molar-refractivity contribution in [3.63, 3.8) is 0 Å². The first-order valence-electron chi connectivity index (χ1n) is 11.4. The molecule has 0 spiro atoms. The zero-order valence-electron chi connectivity index (χ0n) is 18.1. The zero-order chi connectivity index (χ0) is 22.5. The molecular weight excluding hydrogens is 442 g/mol. The first-order valence-corrected chi connectivity index (χ1v) is 11.8. The summed E-state index contributed by atoms with van der Waals surface area (Å²) in [6.45, 7) is 1.51. The maximum absolute atomic E-state index is 13.4. The van der Waals surface area contributed by atoms with Crippen molar-refractivity contribution >= 4 is 28.6 Å². The van der Waals surface area contributed by atoms with Crippen LogP contribution < -0.4 is 10.3 Å². The predicted octanol–water partition coefficient (Wildman–Crippen LogP) is 4.34. The minimum atomic E-state index is -0.236. The largest absolute Gasteiger partial charge is 0.489 e. The Morgan fingerprint density at radius 2 is 1.97 bits per heavy atom. The van der Waals surface area contributed by atoms with Gasteiger partial charge in [-0.2, -0.15) is 0 Å². The summed E-state index contributed by atoms with van der Waals surface area (Å²) in [6.07, 6.45) is 7.10. The van der Waals surface area contributed by atoms with Crippen molar-refractivity contribution in [2.75, 3.05) is 13.2 Å². The van der Waals surface area contributed by atoms with Gasteiger partial charge in [-0.1, -0.05) is 23.7 Å². The highest BCUT2D eigenvalue weighted by atomic mass is 35.5. The van der Waals surface area contributed by atoms with Crippen molar-refractivity contribution in [1.29, 1.82) is 0 Å². The summed E-state index contributed by atoms with van der Waals surface area (Å²) >= 11 is 6.02. The molecule has 33 heavy (non-hydrogen) atoms. The summed E-state index contributed by atoms with van der Waals surface area (Å²) < 4.78 is 13.1. The molecule has 4 heterocycles. The van der Waals surface area contributed by atoms with E-state index in [1.54, 1.807) is 15.7 Å². The lowest BCUT2D eigenvalue weighted by molar-refractivity contribution is 0.0934. The fourth-order valence-corrected chi connectivity index (χ4v) is 5.03. The van der Waals surface area contributed by atoms with Crippen molar-refractivity contribution in [1.82, 2.24) is 14.5 Å². The van der Waals surface area contributed by atoms with Crippen LogP contribution in [0.4, 0.5) is 4.79 Å². The predicted molar refractivity (Wildman–Crippen MR) is 124 cm³/mol. The molecule has 8 heteroatoms. The smallest absolute Gasteiger partial charge is 0.410 e. The number of hydrogen-bond donors (Lipinski definition) is 0. The number of carbonyl (C=O) groups excluding carboxylic acids is 1. The minimum Gasteiger partial charge on any atom is -0.489 e. The number of benzene rings is 1. The van der Waals surface area contributed by atoms with Gasteiger partial charge in [0.05, 0.1) is 29.7 Å². The molecule has 7 nitrogen and oxygen atoms in total. The van der Waals surface area contributed by atoms with E-state index in [1.165, 1.54) is 0 Å². The third-order valence-corrected chi connectivity index (χ3v) is 7.06. The first kappa shape index (κ1) is 20.5. The Hall–Kier alpha value is -3.06. The zero-order valence-corrected chi connectivity index (χ0v) is 18.8. The number of amides is 1. The Morgan fingerprint density at radius 3 is 2.76 bits per heavy atom. The highest BCUT2D eigenvalue weighted by molar-refractivity contribution is 6.30. The van der Waals surface area contributed by atoms with E-state index in [-0.39, 0.29) is 23.8 Å². The quantitative estimate of drug-likeness (QED) is 0.560. The molecule has 0 radical (unpaired) electrons. The summed E-state index contributed by atoms with van der Waals surface area (Å²) in [6, 6.07) is 9.45. The fraction of sp³-hybridized carbons (Fsp3) is 0.400. The molecule has 1 aromatic carbocycles. The number of carbonyl (C=O) groups is 1. The number of aromatic nitrogens is 2. The molecule has 0 bridgehead atoms. The van der Waals surface area contributed by atoms with Crippen LogP contribution in [0.2, 0.25) is 5.02 Å². The van der Waals surface area contributed by atoms with Crippen LogP contribution >= 0.6 is 11.6 Å². The van der Waals surface area contributed by atoms with Gasteiger partial charge in [-0.15, -0.1) is 0 Å². The minimum absolute atomic E-state index is 0.0390. The van der Waals surface area contributed by atoms with E-state index in [2.05, 4.69) is 4.98 Å². The molecule has 2 aromatic heterocycles. The van der Waals surface area contributed by atoms with Crippen LogP contribution in [-0.4, -0.2) is 45.8 Å². The molecule has 1 aliphatic carbocycles. The van der Waals surface area contributed by atoms with E-state index in [0.717, 1.165) is 35.9 Å². The SMILES string of the molecule is O=C1OC[C@@H]2C[C@@H](Oc3cnc4c(C5CC5)cn(Cc5ccc(Cl)cc5)c(=O)c4c3)CCN12. The number of ether oxygens (including phenoxy) is 2. The molecule has 6 rings (SSSR count). The fourth-order valence-electron chi connectivity index (χ4n) is 4.90. The second-order valence-electron chi connectivity index (χ2n) is 9.17. The van der Waals surface area contributed by atoms with E-state index >= 15 is 0 Å². The van der Waals surface area contributed by atoms with E-state index < -0.39 is 0 Å². The Balaban J connectivity index is 1.31. The van der Waals surface area contributed by atoms with Crippen LogP contribution in [0.3, 0.4) is 0 Å². The van der Waals surface area contributed by atoms with Crippen LogP contribution in [0.1, 0.15) is 42.7 Å². The third kappa shape index (κ3) is 3.95. The lowest BCUT2D eigenvalue weighted by atomic mass is 10.0. The van der Waals surface area contributed by atoms with Gasteiger partial charge in [0.1, 0.15) is 18.5 Å². The number of halogens is 1. The Bertz CT molecular complexity index is 1290.